The van der Waals surface area contributed by atoms with Gasteiger partial charge in [-0.2, -0.15) is 0 Å². The maximum absolute atomic E-state index is 4.45. The van der Waals surface area contributed by atoms with Gasteiger partial charge in [0.15, 0.2) is 0 Å². The van der Waals surface area contributed by atoms with Gasteiger partial charge in [0.05, 0.1) is 0 Å². The summed E-state index contributed by atoms with van der Waals surface area (Å²) >= 11 is 3.46. The van der Waals surface area contributed by atoms with Gasteiger partial charge in [0.2, 0.25) is 0 Å². The highest BCUT2D eigenvalue weighted by Gasteiger charge is 2.13. The van der Waals surface area contributed by atoms with Crippen LogP contribution in [0, 0.1) is 0 Å². The Morgan fingerprint density at radius 3 is 2.65 bits per heavy atom. The third-order valence-electron chi connectivity index (χ3n) is 3.75. The van der Waals surface area contributed by atoms with Gasteiger partial charge >= 0.3 is 0 Å². The van der Waals surface area contributed by atoms with Crippen molar-refractivity contribution < 1.29 is 0 Å². The van der Waals surface area contributed by atoms with Crippen molar-refractivity contribution in [3.8, 4) is 0 Å². The molecule has 1 N–H and O–H groups in total. The van der Waals surface area contributed by atoms with Crippen LogP contribution in [-0.4, -0.2) is 9.97 Å². The van der Waals surface area contributed by atoms with E-state index in [2.05, 4.69) is 55.5 Å². The lowest BCUT2D eigenvalue weighted by Crippen LogP contribution is -2.07. The Labute approximate surface area is 128 Å². The molecule has 0 amide bonds. The number of rotatable bonds is 3. The minimum absolute atomic E-state index is 0.802. The molecule has 0 aliphatic heterocycles. The molecule has 1 aromatic carbocycles. The van der Waals surface area contributed by atoms with Crippen LogP contribution in [0.3, 0.4) is 0 Å². The number of aryl methyl sites for hydroxylation is 1. The minimum atomic E-state index is 0.802. The van der Waals surface area contributed by atoms with Crippen LogP contribution >= 0.6 is 15.9 Å². The van der Waals surface area contributed by atoms with Gasteiger partial charge in [-0.3, -0.25) is 0 Å². The van der Waals surface area contributed by atoms with E-state index in [9.17, 15) is 0 Å². The summed E-state index contributed by atoms with van der Waals surface area (Å²) in [5.74, 6) is 1.01. The molecule has 1 aliphatic carbocycles. The highest BCUT2D eigenvalue weighted by atomic mass is 79.9. The smallest absolute Gasteiger partial charge is 0.133 e. The van der Waals surface area contributed by atoms with Gasteiger partial charge in [0, 0.05) is 22.3 Å². The van der Waals surface area contributed by atoms with E-state index in [1.807, 2.05) is 0 Å². The van der Waals surface area contributed by atoms with Gasteiger partial charge in [-0.05, 0) is 43.4 Å². The number of fused-ring (bicyclic) bond motifs is 1. The van der Waals surface area contributed by atoms with Crippen molar-refractivity contribution in [2.45, 2.75) is 38.6 Å². The quantitative estimate of drug-likeness (QED) is 0.859. The summed E-state index contributed by atoms with van der Waals surface area (Å²) in [5, 5.41) is 3.47. The second-order valence-corrected chi connectivity index (χ2v) is 6.10. The van der Waals surface area contributed by atoms with Crippen molar-refractivity contribution in [2.75, 3.05) is 5.32 Å². The van der Waals surface area contributed by atoms with Gasteiger partial charge < -0.3 is 5.32 Å². The van der Waals surface area contributed by atoms with Crippen LogP contribution in [-0.2, 0) is 19.4 Å². The Morgan fingerprint density at radius 1 is 1.00 bits per heavy atom. The predicted molar refractivity (Wildman–Crippen MR) is 84.8 cm³/mol. The van der Waals surface area contributed by atoms with E-state index in [4.69, 9.17) is 0 Å². The molecule has 4 heteroatoms. The highest BCUT2D eigenvalue weighted by Crippen LogP contribution is 2.24. The number of anilines is 1. The molecule has 0 radical (unpaired) electrons. The third kappa shape index (κ3) is 3.18. The number of benzene rings is 1. The molecular weight excluding hydrogens is 314 g/mol. The molecule has 0 saturated heterocycles. The molecule has 0 unspecified atom stereocenters. The normalized spacial score (nSPS) is 14.4. The maximum Gasteiger partial charge on any atom is 0.133 e. The van der Waals surface area contributed by atoms with E-state index in [-0.39, 0.29) is 0 Å². The molecule has 0 bridgehead atoms. The molecular formula is C16H18BrN3. The second-order valence-electron chi connectivity index (χ2n) is 5.19. The maximum atomic E-state index is 4.45. The summed E-state index contributed by atoms with van der Waals surface area (Å²) in [6.07, 6.45) is 7.66. The lowest BCUT2D eigenvalue weighted by Gasteiger charge is -2.12. The molecule has 1 heterocycles. The zero-order valence-electron chi connectivity index (χ0n) is 11.4. The summed E-state index contributed by atoms with van der Waals surface area (Å²) in [5.41, 5.74) is 3.81. The molecule has 0 spiro atoms. The van der Waals surface area contributed by atoms with Gasteiger partial charge in [-0.1, -0.05) is 34.5 Å². The van der Waals surface area contributed by atoms with Crippen molar-refractivity contribution in [1.29, 1.82) is 0 Å². The van der Waals surface area contributed by atoms with Crippen LogP contribution in [0.2, 0.25) is 0 Å². The Balaban J connectivity index is 1.75. The lowest BCUT2D eigenvalue weighted by atomic mass is 10.1. The zero-order valence-corrected chi connectivity index (χ0v) is 13.0. The molecule has 3 rings (SSSR count). The fourth-order valence-electron chi connectivity index (χ4n) is 2.64. The molecule has 1 aliphatic rings. The molecule has 104 valence electrons. The molecule has 20 heavy (non-hydrogen) atoms. The monoisotopic (exact) mass is 331 g/mol. The van der Waals surface area contributed by atoms with Crippen LogP contribution in [0.4, 0.5) is 5.82 Å². The summed E-state index contributed by atoms with van der Waals surface area (Å²) in [6.45, 7) is 0.802. The third-order valence-corrected chi connectivity index (χ3v) is 4.28. The Hall–Kier alpha value is -1.42. The van der Waals surface area contributed by atoms with Gasteiger partial charge in [0.25, 0.3) is 0 Å². The average Bonchev–Trinajstić information content (AvgIpc) is 2.72. The molecule has 0 fully saturated rings. The Morgan fingerprint density at radius 2 is 1.80 bits per heavy atom. The van der Waals surface area contributed by atoms with Crippen molar-refractivity contribution in [2.24, 2.45) is 0 Å². The Kier molecular flexibility index (Phi) is 4.31. The van der Waals surface area contributed by atoms with Crippen molar-refractivity contribution in [3.63, 3.8) is 0 Å². The topological polar surface area (TPSA) is 37.8 Å². The van der Waals surface area contributed by atoms with Crippen LogP contribution < -0.4 is 5.32 Å². The first-order valence-corrected chi connectivity index (χ1v) is 7.93. The number of nitrogens with zero attached hydrogens (tertiary/aromatic N) is 2. The number of nitrogens with one attached hydrogen (secondary N) is 1. The van der Waals surface area contributed by atoms with Crippen LogP contribution in [0.5, 0.6) is 0 Å². The summed E-state index contributed by atoms with van der Waals surface area (Å²) < 4.78 is 1.11. The summed E-state index contributed by atoms with van der Waals surface area (Å²) in [6, 6.07) is 8.38. The lowest BCUT2D eigenvalue weighted by molar-refractivity contribution is 0.709. The number of hydrogen-bond acceptors (Lipinski definition) is 3. The van der Waals surface area contributed by atoms with Gasteiger partial charge in [-0.15, -0.1) is 0 Å². The van der Waals surface area contributed by atoms with E-state index in [0.717, 1.165) is 29.7 Å². The van der Waals surface area contributed by atoms with Gasteiger partial charge in [0.1, 0.15) is 12.1 Å². The fourth-order valence-corrected chi connectivity index (χ4v) is 2.90. The molecule has 0 atom stereocenters. The van der Waals surface area contributed by atoms with Crippen LogP contribution in [0.25, 0.3) is 0 Å². The first-order valence-electron chi connectivity index (χ1n) is 7.14. The SMILES string of the molecule is Brc1ccc(CNc2ncnc3c2CCCCC3)cc1. The number of aromatic nitrogens is 2. The standard InChI is InChI=1S/C16H18BrN3/c17-13-8-6-12(7-9-13)10-18-16-14-4-2-1-3-5-15(14)19-11-20-16/h6-9,11H,1-5,10H2,(H,18,19,20). The van der Waals surface area contributed by atoms with E-state index >= 15 is 0 Å². The average molecular weight is 332 g/mol. The van der Waals surface area contributed by atoms with Crippen LogP contribution in [0.15, 0.2) is 35.1 Å². The van der Waals surface area contributed by atoms with Gasteiger partial charge in [-0.25, -0.2) is 9.97 Å². The van der Waals surface area contributed by atoms with E-state index in [1.54, 1.807) is 6.33 Å². The first-order chi connectivity index (χ1) is 9.83. The molecule has 1 aromatic heterocycles. The predicted octanol–water partition coefficient (Wildman–Crippen LogP) is 4.12. The second kappa shape index (κ2) is 6.35. The van der Waals surface area contributed by atoms with E-state index < -0.39 is 0 Å². The van der Waals surface area contributed by atoms with Crippen molar-refractivity contribution in [1.82, 2.24) is 9.97 Å². The zero-order chi connectivity index (χ0) is 13.8. The van der Waals surface area contributed by atoms with Crippen molar-refractivity contribution >= 4 is 21.7 Å². The van der Waals surface area contributed by atoms with E-state index in [1.165, 1.54) is 36.1 Å². The van der Waals surface area contributed by atoms with Crippen molar-refractivity contribution in [3.05, 3.63) is 51.9 Å². The summed E-state index contributed by atoms with van der Waals surface area (Å²) in [7, 11) is 0. The van der Waals surface area contributed by atoms with E-state index in [0.29, 0.717) is 0 Å². The minimum Gasteiger partial charge on any atom is -0.366 e. The largest absolute Gasteiger partial charge is 0.366 e. The number of halogens is 1. The number of hydrogen-bond donors (Lipinski definition) is 1. The molecule has 3 nitrogen and oxygen atoms in total. The fraction of sp³-hybridized carbons (Fsp3) is 0.375. The molecule has 2 aromatic rings. The highest BCUT2D eigenvalue weighted by molar-refractivity contribution is 9.10. The first kappa shape index (κ1) is 13.6. The summed E-state index contributed by atoms with van der Waals surface area (Å²) in [4.78, 5) is 8.88. The molecule has 0 saturated carbocycles. The Bertz CT molecular complexity index is 581. The van der Waals surface area contributed by atoms with Crippen LogP contribution in [0.1, 0.15) is 36.1 Å².